The third-order valence-electron chi connectivity index (χ3n) is 3.89. The molecule has 0 unspecified atom stereocenters. The number of rotatable bonds is 4. The van der Waals surface area contributed by atoms with E-state index in [0.29, 0.717) is 30.2 Å². The minimum atomic E-state index is -0.0521. The summed E-state index contributed by atoms with van der Waals surface area (Å²) in [5.41, 5.74) is 0.536. The van der Waals surface area contributed by atoms with Gasteiger partial charge in [0.2, 0.25) is 0 Å². The van der Waals surface area contributed by atoms with Gasteiger partial charge in [0.1, 0.15) is 12.4 Å². The second-order valence-corrected chi connectivity index (χ2v) is 5.97. The number of aromatic nitrogens is 4. The smallest absolute Gasteiger partial charge is 0.257 e. The molecule has 0 bridgehead atoms. The summed E-state index contributed by atoms with van der Waals surface area (Å²) in [7, 11) is 1.74. The van der Waals surface area contributed by atoms with Gasteiger partial charge in [-0.3, -0.25) is 4.79 Å². The zero-order chi connectivity index (χ0) is 17.1. The van der Waals surface area contributed by atoms with Crippen molar-refractivity contribution in [2.75, 3.05) is 13.1 Å². The Kier molecular flexibility index (Phi) is 4.75. The number of para-hydroxylation sites is 1. The van der Waals surface area contributed by atoms with Gasteiger partial charge in [-0.15, -0.1) is 5.10 Å². The van der Waals surface area contributed by atoms with Crippen LogP contribution in [-0.2, 0) is 18.4 Å². The van der Waals surface area contributed by atoms with Crippen LogP contribution >= 0.6 is 0 Å². The molecule has 0 N–H and O–H groups in total. The van der Waals surface area contributed by atoms with E-state index < -0.39 is 0 Å². The maximum Gasteiger partial charge on any atom is 0.257 e. The van der Waals surface area contributed by atoms with Crippen molar-refractivity contribution in [2.24, 2.45) is 7.05 Å². The minimum absolute atomic E-state index is 0.0236. The van der Waals surface area contributed by atoms with Gasteiger partial charge in [0.05, 0.1) is 17.8 Å². The molecular weight excluding hydrogens is 310 g/mol. The van der Waals surface area contributed by atoms with Gasteiger partial charge in [-0.25, -0.2) is 4.68 Å². The van der Waals surface area contributed by atoms with Crippen molar-refractivity contribution in [3.63, 3.8) is 0 Å². The molecule has 3 rings (SSSR count). The molecule has 2 aromatic rings. The molecule has 1 aromatic carbocycles. The van der Waals surface area contributed by atoms with E-state index in [4.69, 9.17) is 9.47 Å². The van der Waals surface area contributed by atoms with Crippen molar-refractivity contribution in [3.8, 4) is 5.75 Å². The van der Waals surface area contributed by atoms with E-state index in [1.54, 1.807) is 19.2 Å². The highest BCUT2D eigenvalue weighted by atomic mass is 16.5. The second-order valence-electron chi connectivity index (χ2n) is 5.97. The number of carbonyl (C=O) groups excluding carboxylic acids is 1. The lowest BCUT2D eigenvalue weighted by molar-refractivity contribution is -0.0586. The fraction of sp³-hybridized carbons (Fsp3) is 0.500. The van der Waals surface area contributed by atoms with Crippen LogP contribution in [0.15, 0.2) is 24.3 Å². The molecular formula is C16H21N5O3. The van der Waals surface area contributed by atoms with Crippen LogP contribution in [0.5, 0.6) is 5.75 Å². The van der Waals surface area contributed by atoms with Gasteiger partial charge in [0.25, 0.3) is 5.91 Å². The normalized spacial score (nSPS) is 20.9. The van der Waals surface area contributed by atoms with Crippen LogP contribution in [-0.4, -0.2) is 56.3 Å². The molecule has 0 radical (unpaired) electrons. The van der Waals surface area contributed by atoms with E-state index >= 15 is 0 Å². The molecule has 2 heterocycles. The highest BCUT2D eigenvalue weighted by Crippen LogP contribution is 2.23. The van der Waals surface area contributed by atoms with Crippen LogP contribution < -0.4 is 4.74 Å². The molecule has 0 spiro atoms. The maximum atomic E-state index is 12.9. The molecule has 2 atom stereocenters. The molecule has 128 valence electrons. The molecule has 1 fully saturated rings. The van der Waals surface area contributed by atoms with E-state index in [2.05, 4.69) is 15.5 Å². The predicted octanol–water partition coefficient (Wildman–Crippen LogP) is 1.04. The van der Waals surface area contributed by atoms with Crippen LogP contribution in [0.1, 0.15) is 30.0 Å². The van der Waals surface area contributed by atoms with E-state index in [1.807, 2.05) is 30.9 Å². The number of hydrogen-bond donors (Lipinski definition) is 0. The molecule has 1 saturated heterocycles. The number of tetrazole rings is 1. The van der Waals surface area contributed by atoms with Crippen LogP contribution in [0.25, 0.3) is 0 Å². The number of amides is 1. The first-order valence-electron chi connectivity index (χ1n) is 7.92. The SMILES string of the molecule is C[C@@H]1CN(C(=O)c2ccccc2OCc2nnnn2C)C[C@H](C)O1. The van der Waals surface area contributed by atoms with Crippen molar-refractivity contribution in [2.45, 2.75) is 32.7 Å². The standard InChI is InChI=1S/C16H21N5O3/c1-11-8-21(9-12(2)24-11)16(22)13-6-4-5-7-14(13)23-10-15-17-18-19-20(15)3/h4-7,11-12H,8-10H2,1-3H3/t11-,12+. The zero-order valence-electron chi connectivity index (χ0n) is 14.0. The van der Waals surface area contributed by atoms with Gasteiger partial charge in [0, 0.05) is 20.1 Å². The van der Waals surface area contributed by atoms with Crippen LogP contribution in [0.2, 0.25) is 0 Å². The number of hydrogen-bond acceptors (Lipinski definition) is 6. The fourth-order valence-corrected chi connectivity index (χ4v) is 2.80. The van der Waals surface area contributed by atoms with E-state index in [9.17, 15) is 4.79 Å². The molecule has 0 saturated carbocycles. The average molecular weight is 331 g/mol. The highest BCUT2D eigenvalue weighted by molar-refractivity contribution is 5.97. The number of nitrogens with zero attached hydrogens (tertiary/aromatic N) is 5. The number of aryl methyl sites for hydroxylation is 1. The molecule has 1 aromatic heterocycles. The van der Waals surface area contributed by atoms with Gasteiger partial charge in [-0.05, 0) is 36.4 Å². The summed E-state index contributed by atoms with van der Waals surface area (Å²) < 4.78 is 13.0. The average Bonchev–Trinajstić information content (AvgIpc) is 2.97. The van der Waals surface area contributed by atoms with Gasteiger partial charge < -0.3 is 14.4 Å². The lowest BCUT2D eigenvalue weighted by Crippen LogP contribution is -2.48. The molecule has 1 aliphatic rings. The van der Waals surface area contributed by atoms with Gasteiger partial charge in [-0.1, -0.05) is 12.1 Å². The summed E-state index contributed by atoms with van der Waals surface area (Å²) in [4.78, 5) is 14.7. The number of morpholine rings is 1. The first-order chi connectivity index (χ1) is 11.5. The summed E-state index contributed by atoms with van der Waals surface area (Å²) in [5, 5.41) is 11.2. The van der Waals surface area contributed by atoms with Crippen LogP contribution in [0.3, 0.4) is 0 Å². The third kappa shape index (κ3) is 3.53. The summed E-state index contributed by atoms with van der Waals surface area (Å²) in [6.45, 7) is 5.29. The molecule has 24 heavy (non-hydrogen) atoms. The van der Waals surface area contributed by atoms with Crippen molar-refractivity contribution in [3.05, 3.63) is 35.7 Å². The number of carbonyl (C=O) groups is 1. The van der Waals surface area contributed by atoms with Gasteiger partial charge in [-0.2, -0.15) is 0 Å². The molecule has 1 amide bonds. The zero-order valence-corrected chi connectivity index (χ0v) is 14.0. The summed E-state index contributed by atoms with van der Waals surface area (Å²) in [5.74, 6) is 1.06. The van der Waals surface area contributed by atoms with E-state index in [-0.39, 0.29) is 24.7 Å². The Labute approximate surface area is 140 Å². The molecule has 8 nitrogen and oxygen atoms in total. The Bertz CT molecular complexity index is 707. The first-order valence-corrected chi connectivity index (χ1v) is 7.92. The number of benzene rings is 1. The van der Waals surface area contributed by atoms with Crippen molar-refractivity contribution in [1.82, 2.24) is 25.1 Å². The summed E-state index contributed by atoms with van der Waals surface area (Å²) in [6, 6.07) is 7.23. The van der Waals surface area contributed by atoms with Crippen molar-refractivity contribution >= 4 is 5.91 Å². The van der Waals surface area contributed by atoms with Gasteiger partial charge in [0.15, 0.2) is 5.82 Å². The lowest BCUT2D eigenvalue weighted by atomic mass is 10.1. The highest BCUT2D eigenvalue weighted by Gasteiger charge is 2.28. The van der Waals surface area contributed by atoms with Crippen molar-refractivity contribution < 1.29 is 14.3 Å². The number of ether oxygens (including phenoxy) is 2. The second kappa shape index (κ2) is 6.96. The minimum Gasteiger partial charge on any atom is -0.485 e. The summed E-state index contributed by atoms with van der Waals surface area (Å²) >= 11 is 0. The predicted molar refractivity (Wildman–Crippen MR) is 85.5 cm³/mol. The Hall–Kier alpha value is -2.48. The fourth-order valence-electron chi connectivity index (χ4n) is 2.80. The van der Waals surface area contributed by atoms with Gasteiger partial charge >= 0.3 is 0 Å². The van der Waals surface area contributed by atoms with Crippen LogP contribution in [0.4, 0.5) is 0 Å². The third-order valence-corrected chi connectivity index (χ3v) is 3.89. The van der Waals surface area contributed by atoms with Crippen LogP contribution in [0, 0.1) is 0 Å². The quantitative estimate of drug-likeness (QED) is 0.832. The topological polar surface area (TPSA) is 82.4 Å². The molecule has 0 aliphatic carbocycles. The summed E-state index contributed by atoms with van der Waals surface area (Å²) in [6.07, 6.45) is 0.0472. The Morgan fingerprint density at radius 1 is 1.29 bits per heavy atom. The largest absolute Gasteiger partial charge is 0.485 e. The maximum absolute atomic E-state index is 12.9. The van der Waals surface area contributed by atoms with E-state index in [0.717, 1.165) is 0 Å². The monoisotopic (exact) mass is 331 g/mol. The Morgan fingerprint density at radius 2 is 2.00 bits per heavy atom. The van der Waals surface area contributed by atoms with Crippen molar-refractivity contribution in [1.29, 1.82) is 0 Å². The first kappa shape index (κ1) is 16.4. The Morgan fingerprint density at radius 3 is 2.67 bits per heavy atom. The molecule has 1 aliphatic heterocycles. The van der Waals surface area contributed by atoms with E-state index in [1.165, 1.54) is 4.68 Å². The lowest BCUT2D eigenvalue weighted by Gasteiger charge is -2.35. The Balaban J connectivity index is 1.76. The molecule has 8 heteroatoms.